The van der Waals surface area contributed by atoms with Gasteiger partial charge in [0.2, 0.25) is 5.95 Å². The largest absolute Gasteiger partial charge is 0.388 e. The standard InChI is InChI=1S/C17H24BrN5O3S2/c1-11(17(2,3)24)20-15-14(18)10-19-16(22-15)21-12-6-8-13(9-7-12)27(4)23-28(5,25)26/h6-11,24H,1-5H3,(H2,19,20,21,22)/t11-,27+/m1/s1. The van der Waals surface area contributed by atoms with Gasteiger partial charge >= 0.3 is 0 Å². The van der Waals surface area contributed by atoms with Crippen molar-refractivity contribution in [1.29, 1.82) is 0 Å². The maximum absolute atomic E-state index is 11.3. The monoisotopic (exact) mass is 489 g/mol. The van der Waals surface area contributed by atoms with Crippen molar-refractivity contribution in [3.8, 4) is 0 Å². The molecule has 1 aromatic carbocycles. The second-order valence-corrected chi connectivity index (χ2v) is 11.2. The van der Waals surface area contributed by atoms with Crippen LogP contribution in [-0.4, -0.2) is 47.6 Å². The minimum atomic E-state index is -3.39. The van der Waals surface area contributed by atoms with Crippen LogP contribution in [0.25, 0.3) is 0 Å². The first kappa shape index (κ1) is 22.7. The lowest BCUT2D eigenvalue weighted by Gasteiger charge is -2.27. The lowest BCUT2D eigenvalue weighted by molar-refractivity contribution is 0.0647. The van der Waals surface area contributed by atoms with Crippen LogP contribution in [0.15, 0.2) is 43.6 Å². The van der Waals surface area contributed by atoms with Gasteiger partial charge in [-0.2, -0.15) is 4.98 Å². The Labute approximate surface area is 176 Å². The molecule has 2 atom stereocenters. The molecule has 1 heterocycles. The van der Waals surface area contributed by atoms with E-state index in [9.17, 15) is 13.5 Å². The van der Waals surface area contributed by atoms with E-state index in [1.165, 1.54) is 0 Å². The summed E-state index contributed by atoms with van der Waals surface area (Å²) < 4.78 is 27.1. The number of aromatic nitrogens is 2. The molecule has 3 N–H and O–H groups in total. The molecule has 1 aromatic heterocycles. The number of anilines is 3. The van der Waals surface area contributed by atoms with E-state index in [2.05, 4.69) is 40.3 Å². The first-order valence-corrected chi connectivity index (χ1v) is 12.6. The van der Waals surface area contributed by atoms with Gasteiger partial charge in [-0.3, -0.25) is 0 Å². The van der Waals surface area contributed by atoms with Gasteiger partial charge < -0.3 is 15.7 Å². The Morgan fingerprint density at radius 3 is 2.43 bits per heavy atom. The van der Waals surface area contributed by atoms with Crippen LogP contribution in [0.3, 0.4) is 0 Å². The second-order valence-electron chi connectivity index (χ2n) is 6.84. The minimum absolute atomic E-state index is 0.230. The molecule has 154 valence electrons. The summed E-state index contributed by atoms with van der Waals surface area (Å²) in [7, 11) is -4.13. The van der Waals surface area contributed by atoms with Gasteiger partial charge in [0.05, 0.1) is 22.4 Å². The molecule has 0 spiro atoms. The molecular formula is C17H24BrN5O3S2. The Kier molecular flexibility index (Phi) is 7.18. The quantitative estimate of drug-likeness (QED) is 0.545. The fourth-order valence-corrected chi connectivity index (χ4v) is 4.83. The van der Waals surface area contributed by atoms with E-state index in [-0.39, 0.29) is 6.04 Å². The van der Waals surface area contributed by atoms with Gasteiger partial charge in [0.15, 0.2) is 0 Å². The summed E-state index contributed by atoms with van der Waals surface area (Å²) in [6.07, 6.45) is 4.46. The molecule has 0 amide bonds. The van der Waals surface area contributed by atoms with Crippen molar-refractivity contribution < 1.29 is 13.5 Å². The molecule has 0 aliphatic heterocycles. The van der Waals surface area contributed by atoms with Crippen molar-refractivity contribution in [2.45, 2.75) is 37.3 Å². The molecular weight excluding hydrogens is 466 g/mol. The van der Waals surface area contributed by atoms with Gasteiger partial charge in [-0.05, 0) is 67.2 Å². The van der Waals surface area contributed by atoms with Gasteiger partial charge in [0.25, 0.3) is 10.0 Å². The SMILES string of the molecule is C[C@@H](Nc1nc(Nc2ccc([S@](C)=NS(C)(=O)=O)cc2)ncc1Br)C(C)(C)O. The number of nitrogens with zero attached hydrogens (tertiary/aromatic N) is 3. The summed E-state index contributed by atoms with van der Waals surface area (Å²) >= 11 is 3.40. The molecule has 11 heteroatoms. The van der Waals surface area contributed by atoms with Crippen molar-refractivity contribution in [3.05, 3.63) is 34.9 Å². The zero-order valence-electron chi connectivity index (χ0n) is 16.3. The molecule has 0 fully saturated rings. The highest BCUT2D eigenvalue weighted by atomic mass is 79.9. The summed E-state index contributed by atoms with van der Waals surface area (Å²) in [6, 6.07) is 7.03. The molecule has 0 saturated carbocycles. The zero-order chi connectivity index (χ0) is 21.1. The van der Waals surface area contributed by atoms with E-state index in [0.29, 0.717) is 16.2 Å². The normalized spacial score (nSPS) is 14.5. The summed E-state index contributed by atoms with van der Waals surface area (Å²) in [5.74, 6) is 0.948. The lowest BCUT2D eigenvalue weighted by atomic mass is 10.0. The summed E-state index contributed by atoms with van der Waals surface area (Å²) in [5, 5.41) is 16.4. The number of aliphatic hydroxyl groups is 1. The smallest absolute Gasteiger partial charge is 0.256 e. The van der Waals surface area contributed by atoms with Gasteiger partial charge in [-0.1, -0.05) is 10.7 Å². The van der Waals surface area contributed by atoms with Crippen LogP contribution >= 0.6 is 15.9 Å². The number of hydrogen-bond acceptors (Lipinski definition) is 7. The van der Waals surface area contributed by atoms with Gasteiger partial charge in [0.1, 0.15) is 5.82 Å². The minimum Gasteiger partial charge on any atom is -0.388 e. The predicted molar refractivity (Wildman–Crippen MR) is 118 cm³/mol. The average Bonchev–Trinajstić information content (AvgIpc) is 2.56. The molecule has 0 saturated heterocycles. The molecule has 2 aromatic rings. The Morgan fingerprint density at radius 1 is 1.29 bits per heavy atom. The third-order valence-electron chi connectivity index (χ3n) is 3.86. The molecule has 2 rings (SSSR count). The van der Waals surface area contributed by atoms with Crippen LogP contribution in [0.2, 0.25) is 0 Å². The highest BCUT2D eigenvalue weighted by molar-refractivity contribution is 9.10. The number of sulfonamides is 1. The third-order valence-corrected chi connectivity index (χ3v) is 7.37. The van der Waals surface area contributed by atoms with Crippen LogP contribution in [0, 0.1) is 0 Å². The zero-order valence-corrected chi connectivity index (χ0v) is 19.5. The average molecular weight is 490 g/mol. The molecule has 0 aliphatic carbocycles. The fraction of sp³-hybridized carbons (Fsp3) is 0.412. The van der Waals surface area contributed by atoms with Crippen LogP contribution < -0.4 is 10.6 Å². The highest BCUT2D eigenvalue weighted by Crippen LogP contribution is 2.25. The van der Waals surface area contributed by atoms with Crippen molar-refractivity contribution >= 4 is 54.1 Å². The Balaban J connectivity index is 2.18. The summed E-state index contributed by atoms with van der Waals surface area (Å²) in [4.78, 5) is 9.50. The van der Waals surface area contributed by atoms with Gasteiger partial charge in [-0.15, -0.1) is 3.77 Å². The van der Waals surface area contributed by atoms with Crippen molar-refractivity contribution in [1.82, 2.24) is 9.97 Å². The Bertz CT molecular complexity index is 973. The van der Waals surface area contributed by atoms with Crippen molar-refractivity contribution in [2.75, 3.05) is 23.1 Å². The first-order valence-electron chi connectivity index (χ1n) is 8.33. The van der Waals surface area contributed by atoms with E-state index in [4.69, 9.17) is 0 Å². The molecule has 8 nitrogen and oxygen atoms in total. The summed E-state index contributed by atoms with van der Waals surface area (Å²) in [5.41, 5.74) is -0.161. The van der Waals surface area contributed by atoms with E-state index < -0.39 is 26.3 Å². The number of halogens is 1. The van der Waals surface area contributed by atoms with Gasteiger partial charge in [-0.25, -0.2) is 13.4 Å². The molecule has 0 bridgehead atoms. The number of benzene rings is 1. The Morgan fingerprint density at radius 2 is 1.89 bits per heavy atom. The van der Waals surface area contributed by atoms with Gasteiger partial charge in [0, 0.05) is 16.8 Å². The lowest BCUT2D eigenvalue weighted by Crippen LogP contribution is -2.39. The van der Waals surface area contributed by atoms with Crippen LogP contribution in [0.1, 0.15) is 20.8 Å². The second kappa shape index (κ2) is 8.85. The van der Waals surface area contributed by atoms with Crippen LogP contribution in [0.4, 0.5) is 17.5 Å². The van der Waals surface area contributed by atoms with E-state index in [0.717, 1.165) is 16.8 Å². The fourth-order valence-electron chi connectivity index (χ4n) is 2.02. The topological polar surface area (TPSA) is 117 Å². The Hall–Kier alpha value is -1.56. The predicted octanol–water partition coefficient (Wildman–Crippen LogP) is 3.30. The number of nitrogens with one attached hydrogen (secondary N) is 2. The number of hydrogen-bond donors (Lipinski definition) is 3. The maximum atomic E-state index is 11.3. The maximum Gasteiger partial charge on any atom is 0.256 e. The molecule has 0 radical (unpaired) electrons. The van der Waals surface area contributed by atoms with E-state index in [1.807, 2.05) is 31.2 Å². The van der Waals surface area contributed by atoms with Crippen molar-refractivity contribution in [2.24, 2.45) is 3.77 Å². The van der Waals surface area contributed by atoms with E-state index in [1.54, 1.807) is 26.3 Å². The summed E-state index contributed by atoms with van der Waals surface area (Å²) in [6.45, 7) is 5.31. The van der Waals surface area contributed by atoms with Crippen molar-refractivity contribution in [3.63, 3.8) is 0 Å². The molecule has 0 unspecified atom stereocenters. The van der Waals surface area contributed by atoms with Crippen LogP contribution in [-0.2, 0) is 20.7 Å². The van der Waals surface area contributed by atoms with Crippen LogP contribution in [0.5, 0.6) is 0 Å². The first-order chi connectivity index (χ1) is 12.8. The molecule has 28 heavy (non-hydrogen) atoms. The van der Waals surface area contributed by atoms with E-state index >= 15 is 0 Å². The third kappa shape index (κ3) is 6.80. The highest BCUT2D eigenvalue weighted by Gasteiger charge is 2.23. The molecule has 0 aliphatic rings. The number of rotatable bonds is 7.